The van der Waals surface area contributed by atoms with Crippen molar-refractivity contribution < 1.29 is 29.0 Å². The molecule has 0 spiro atoms. The molecule has 2 N–H and O–H groups in total. The number of carboxylic acid groups (broad SMARTS) is 1. The number of benzene rings is 2. The van der Waals surface area contributed by atoms with E-state index in [1.807, 2.05) is 51.1 Å². The Kier molecular flexibility index (Phi) is 11.2. The summed E-state index contributed by atoms with van der Waals surface area (Å²) in [6, 6.07) is 13.2. The summed E-state index contributed by atoms with van der Waals surface area (Å²) in [5, 5.41) is 12.5. The second-order valence-electron chi connectivity index (χ2n) is 10.1. The van der Waals surface area contributed by atoms with E-state index in [1.54, 1.807) is 4.90 Å². The van der Waals surface area contributed by atoms with Crippen molar-refractivity contribution in [3.8, 4) is 11.5 Å². The number of nitrogens with zero attached hydrogens (tertiary/aromatic N) is 1. The largest absolute Gasteiger partial charge is 0.493 e. The van der Waals surface area contributed by atoms with E-state index in [9.17, 15) is 19.5 Å². The number of unbranched alkanes of at least 4 members (excludes halogenated alkanes) is 1. The molecular weight excluding hydrogens is 496 g/mol. The van der Waals surface area contributed by atoms with E-state index in [1.165, 1.54) is 12.5 Å². The molecule has 1 aliphatic carbocycles. The Morgan fingerprint density at radius 2 is 1.67 bits per heavy atom. The number of carboxylic acids is 1. The lowest BCUT2D eigenvalue weighted by Gasteiger charge is -2.32. The van der Waals surface area contributed by atoms with Crippen LogP contribution in [0.25, 0.3) is 0 Å². The van der Waals surface area contributed by atoms with Gasteiger partial charge in [0.1, 0.15) is 17.1 Å². The molecule has 39 heavy (non-hydrogen) atoms. The van der Waals surface area contributed by atoms with Gasteiger partial charge in [-0.3, -0.25) is 9.59 Å². The number of carbonyl (C=O) groups is 3. The number of aliphatic carboxylic acids is 1. The quantitative estimate of drug-likeness (QED) is 0.225. The summed E-state index contributed by atoms with van der Waals surface area (Å²) < 4.78 is 11.7. The zero-order valence-corrected chi connectivity index (χ0v) is 23.6. The Labute approximate surface area is 231 Å². The number of ether oxygens (including phenoxy) is 2. The van der Waals surface area contributed by atoms with Crippen LogP contribution in [0, 0.1) is 5.92 Å². The molecule has 8 heteroatoms. The van der Waals surface area contributed by atoms with Crippen LogP contribution in [-0.2, 0) is 11.2 Å². The molecular formula is C31H42N2O6. The van der Waals surface area contributed by atoms with Crippen molar-refractivity contribution in [2.75, 3.05) is 19.8 Å². The Morgan fingerprint density at radius 1 is 1.03 bits per heavy atom. The van der Waals surface area contributed by atoms with Gasteiger partial charge in [-0.05, 0) is 89.5 Å². The van der Waals surface area contributed by atoms with Crippen molar-refractivity contribution in [1.29, 1.82) is 0 Å². The minimum Gasteiger partial charge on any atom is -0.493 e. The number of hydrogen-bond donors (Lipinski definition) is 2. The predicted octanol–water partition coefficient (Wildman–Crippen LogP) is 6.04. The van der Waals surface area contributed by atoms with E-state index in [-0.39, 0.29) is 23.9 Å². The second kappa shape index (κ2) is 14.6. The molecule has 2 unspecified atom stereocenters. The first-order valence-corrected chi connectivity index (χ1v) is 14.0. The highest BCUT2D eigenvalue weighted by Crippen LogP contribution is 2.36. The van der Waals surface area contributed by atoms with Crippen LogP contribution in [0.15, 0.2) is 42.5 Å². The molecule has 3 atom stereocenters. The standard InChI is InChI=1S/C31H42N2O6/c1-5-38-27-19-25(20-28(39-6-2)29(27)22(4)34)21(3)33(17-11-10-14-23-12-8-7-9-13-23)31(37)32-26-16-15-24(18-26)30(35)36/h7-9,12-13,19-21,24,26H,5-6,10-11,14-18H2,1-4H3,(H,32,37)(H,35,36)/t21-,24?,26?/m1/s1. The van der Waals surface area contributed by atoms with Crippen LogP contribution in [0.3, 0.4) is 0 Å². The maximum atomic E-state index is 13.6. The summed E-state index contributed by atoms with van der Waals surface area (Å²) in [7, 11) is 0. The highest BCUT2D eigenvalue weighted by atomic mass is 16.5. The molecule has 2 aromatic carbocycles. The first-order chi connectivity index (χ1) is 18.7. The zero-order chi connectivity index (χ0) is 28.4. The maximum absolute atomic E-state index is 13.6. The van der Waals surface area contributed by atoms with Gasteiger partial charge < -0.3 is 24.8 Å². The van der Waals surface area contributed by atoms with Crippen LogP contribution in [0.5, 0.6) is 11.5 Å². The third-order valence-electron chi connectivity index (χ3n) is 7.32. The zero-order valence-electron chi connectivity index (χ0n) is 23.6. The van der Waals surface area contributed by atoms with Crippen molar-refractivity contribution in [1.82, 2.24) is 10.2 Å². The lowest BCUT2D eigenvalue weighted by Crippen LogP contribution is -2.45. The summed E-state index contributed by atoms with van der Waals surface area (Å²) in [6.07, 6.45) is 4.29. The SMILES string of the molecule is CCOc1cc([C@@H](C)N(CCCCc2ccccc2)C(=O)NC2CCC(C(=O)O)C2)cc(OCC)c1C(C)=O. The lowest BCUT2D eigenvalue weighted by atomic mass is 10.00. The fourth-order valence-corrected chi connectivity index (χ4v) is 5.24. The Balaban J connectivity index is 1.84. The van der Waals surface area contributed by atoms with Gasteiger partial charge in [-0.25, -0.2) is 4.79 Å². The molecule has 0 radical (unpaired) electrons. The predicted molar refractivity (Wildman–Crippen MR) is 151 cm³/mol. The molecule has 1 aliphatic rings. The van der Waals surface area contributed by atoms with Crippen LogP contribution in [0.4, 0.5) is 4.79 Å². The summed E-state index contributed by atoms with van der Waals surface area (Å²) in [4.78, 5) is 39.3. The highest BCUT2D eigenvalue weighted by Gasteiger charge is 2.33. The van der Waals surface area contributed by atoms with E-state index in [4.69, 9.17) is 9.47 Å². The van der Waals surface area contributed by atoms with Crippen molar-refractivity contribution in [2.45, 2.75) is 78.3 Å². The Morgan fingerprint density at radius 3 is 2.21 bits per heavy atom. The molecule has 0 bridgehead atoms. The van der Waals surface area contributed by atoms with Gasteiger partial charge in [0.05, 0.1) is 25.2 Å². The van der Waals surface area contributed by atoms with Crippen molar-refractivity contribution in [3.05, 3.63) is 59.2 Å². The monoisotopic (exact) mass is 538 g/mol. The number of nitrogens with one attached hydrogen (secondary N) is 1. The normalized spacial score (nSPS) is 17.3. The van der Waals surface area contributed by atoms with Gasteiger partial charge in [-0.1, -0.05) is 30.3 Å². The second-order valence-corrected chi connectivity index (χ2v) is 10.1. The van der Waals surface area contributed by atoms with Crippen molar-refractivity contribution in [3.63, 3.8) is 0 Å². The number of urea groups is 1. The minimum atomic E-state index is -0.810. The highest BCUT2D eigenvalue weighted by molar-refractivity contribution is 5.99. The van der Waals surface area contributed by atoms with Gasteiger partial charge in [0, 0.05) is 12.6 Å². The van der Waals surface area contributed by atoms with Crippen LogP contribution >= 0.6 is 0 Å². The fraction of sp³-hybridized carbons (Fsp3) is 0.516. The summed E-state index contributed by atoms with van der Waals surface area (Å²) in [5.41, 5.74) is 2.47. The summed E-state index contributed by atoms with van der Waals surface area (Å²) in [5.74, 6) is -0.487. The lowest BCUT2D eigenvalue weighted by molar-refractivity contribution is -0.141. The smallest absolute Gasteiger partial charge is 0.318 e. The topological polar surface area (TPSA) is 105 Å². The summed E-state index contributed by atoms with van der Waals surface area (Å²) >= 11 is 0. The fourth-order valence-electron chi connectivity index (χ4n) is 5.24. The Bertz CT molecular complexity index is 1090. The molecule has 2 aromatic rings. The number of aryl methyl sites for hydroxylation is 1. The van der Waals surface area contributed by atoms with E-state index in [0.29, 0.717) is 56.1 Å². The van der Waals surface area contributed by atoms with Gasteiger partial charge in [-0.2, -0.15) is 0 Å². The van der Waals surface area contributed by atoms with Gasteiger partial charge in [-0.15, -0.1) is 0 Å². The number of amides is 2. The molecule has 0 saturated heterocycles. The molecule has 0 heterocycles. The van der Waals surface area contributed by atoms with Crippen LogP contribution in [0.1, 0.15) is 87.3 Å². The van der Waals surface area contributed by atoms with Crippen molar-refractivity contribution >= 4 is 17.8 Å². The molecule has 0 aromatic heterocycles. The van der Waals surface area contributed by atoms with E-state index in [2.05, 4.69) is 17.4 Å². The van der Waals surface area contributed by atoms with E-state index in [0.717, 1.165) is 24.8 Å². The number of ketones is 1. The van der Waals surface area contributed by atoms with E-state index < -0.39 is 11.9 Å². The first-order valence-electron chi connectivity index (χ1n) is 14.0. The van der Waals surface area contributed by atoms with Crippen molar-refractivity contribution in [2.24, 2.45) is 5.92 Å². The molecule has 212 valence electrons. The number of carbonyl (C=O) groups excluding carboxylic acids is 2. The van der Waals surface area contributed by atoms with Gasteiger partial charge in [0.25, 0.3) is 0 Å². The third-order valence-corrected chi connectivity index (χ3v) is 7.32. The minimum absolute atomic E-state index is 0.147. The molecule has 8 nitrogen and oxygen atoms in total. The Hall–Kier alpha value is -3.55. The van der Waals surface area contributed by atoms with Gasteiger partial charge in [0.2, 0.25) is 0 Å². The average Bonchev–Trinajstić information content (AvgIpc) is 3.37. The van der Waals surface area contributed by atoms with Crippen LogP contribution in [-0.4, -0.2) is 53.6 Å². The molecule has 0 aliphatic heterocycles. The molecule has 3 rings (SSSR count). The average molecular weight is 539 g/mol. The third kappa shape index (κ3) is 8.22. The van der Waals surface area contributed by atoms with Crippen LogP contribution < -0.4 is 14.8 Å². The molecule has 2 amide bonds. The molecule has 1 fully saturated rings. The number of hydrogen-bond acceptors (Lipinski definition) is 5. The van der Waals surface area contributed by atoms with Crippen LogP contribution in [0.2, 0.25) is 0 Å². The number of rotatable bonds is 14. The first kappa shape index (κ1) is 30.0. The maximum Gasteiger partial charge on any atom is 0.318 e. The van der Waals surface area contributed by atoms with Gasteiger partial charge >= 0.3 is 12.0 Å². The van der Waals surface area contributed by atoms with E-state index >= 15 is 0 Å². The number of Topliss-reactive ketones (excluding diaryl/α,β-unsaturated/α-hetero) is 1. The summed E-state index contributed by atoms with van der Waals surface area (Å²) in [6.45, 7) is 8.47. The van der Waals surface area contributed by atoms with Gasteiger partial charge in [0.15, 0.2) is 5.78 Å². The molecule has 1 saturated carbocycles.